The molecular weight excluding hydrogens is 384 g/mol. The van der Waals surface area contributed by atoms with Gasteiger partial charge in [-0.3, -0.25) is 0 Å². The molecule has 8 heteroatoms. The van der Waals surface area contributed by atoms with Crippen molar-refractivity contribution in [3.8, 4) is 12.3 Å². The summed E-state index contributed by atoms with van der Waals surface area (Å²) < 4.78 is 53.7. The standard InChI is InChI=1S/C20H17F2N3O2S/c1-4-5-17(14-8-15(21)11-16(22)9-14)13-6-7-18-19(10-13)25(20(23)24-18)28(26,27)12(2)3/h1,5-12H,2-3H3,(H2,23,24)/b17-5+. The van der Waals surface area contributed by atoms with Crippen LogP contribution >= 0.6 is 0 Å². The first kappa shape index (κ1) is 19.6. The number of anilines is 1. The van der Waals surface area contributed by atoms with E-state index in [2.05, 4.69) is 10.9 Å². The smallest absolute Gasteiger partial charge is 0.244 e. The van der Waals surface area contributed by atoms with Gasteiger partial charge in [0.1, 0.15) is 11.6 Å². The van der Waals surface area contributed by atoms with Gasteiger partial charge in [0, 0.05) is 6.07 Å². The molecule has 5 nitrogen and oxygen atoms in total. The summed E-state index contributed by atoms with van der Waals surface area (Å²) in [5.41, 5.74) is 7.51. The number of benzene rings is 2. The molecule has 2 aromatic carbocycles. The zero-order valence-corrected chi connectivity index (χ0v) is 16.0. The Hall–Kier alpha value is -3.18. The van der Waals surface area contributed by atoms with Crippen LogP contribution in [0.2, 0.25) is 0 Å². The van der Waals surface area contributed by atoms with Crippen molar-refractivity contribution in [2.24, 2.45) is 0 Å². The number of fused-ring (bicyclic) bond motifs is 1. The Morgan fingerprint density at radius 3 is 2.39 bits per heavy atom. The largest absolute Gasteiger partial charge is 0.368 e. The molecule has 3 rings (SSSR count). The van der Waals surface area contributed by atoms with Gasteiger partial charge in [0.2, 0.25) is 16.0 Å². The van der Waals surface area contributed by atoms with E-state index >= 15 is 0 Å². The maximum absolute atomic E-state index is 13.7. The number of hydrogen-bond acceptors (Lipinski definition) is 4. The van der Waals surface area contributed by atoms with Crippen molar-refractivity contribution in [1.29, 1.82) is 0 Å². The number of terminal acetylenes is 1. The first-order valence-corrected chi connectivity index (χ1v) is 9.81. The van der Waals surface area contributed by atoms with Gasteiger partial charge < -0.3 is 5.73 Å². The summed E-state index contributed by atoms with van der Waals surface area (Å²) in [4.78, 5) is 4.09. The minimum absolute atomic E-state index is 0.167. The molecule has 0 amide bonds. The van der Waals surface area contributed by atoms with Gasteiger partial charge in [-0.25, -0.2) is 26.2 Å². The number of halogens is 2. The molecule has 0 fully saturated rings. The Balaban J connectivity index is 2.28. The molecule has 144 valence electrons. The maximum Gasteiger partial charge on any atom is 0.244 e. The van der Waals surface area contributed by atoms with Gasteiger partial charge in [-0.2, -0.15) is 0 Å². The third kappa shape index (κ3) is 3.37. The molecule has 1 aromatic heterocycles. The molecule has 3 aromatic rings. The van der Waals surface area contributed by atoms with Crippen LogP contribution in [-0.4, -0.2) is 22.6 Å². The highest BCUT2D eigenvalue weighted by atomic mass is 32.2. The topological polar surface area (TPSA) is 78.0 Å². The molecule has 0 aliphatic carbocycles. The van der Waals surface area contributed by atoms with Crippen LogP contribution in [0, 0.1) is 24.0 Å². The van der Waals surface area contributed by atoms with Crippen molar-refractivity contribution in [1.82, 2.24) is 8.96 Å². The van der Waals surface area contributed by atoms with Crippen molar-refractivity contribution in [3.63, 3.8) is 0 Å². The number of allylic oxidation sites excluding steroid dienone is 1. The second-order valence-electron chi connectivity index (χ2n) is 6.41. The van der Waals surface area contributed by atoms with E-state index in [-0.39, 0.29) is 17.0 Å². The van der Waals surface area contributed by atoms with E-state index in [0.717, 1.165) is 22.2 Å². The van der Waals surface area contributed by atoms with E-state index < -0.39 is 26.9 Å². The molecule has 0 aliphatic heterocycles. The number of nitrogens with zero attached hydrogens (tertiary/aromatic N) is 2. The third-order valence-electron chi connectivity index (χ3n) is 4.20. The van der Waals surface area contributed by atoms with Crippen LogP contribution in [0.5, 0.6) is 0 Å². The van der Waals surface area contributed by atoms with Gasteiger partial charge in [0.15, 0.2) is 0 Å². The molecule has 0 unspecified atom stereocenters. The van der Waals surface area contributed by atoms with Crippen molar-refractivity contribution in [2.45, 2.75) is 19.1 Å². The summed E-state index contributed by atoms with van der Waals surface area (Å²) in [6.45, 7) is 3.06. The van der Waals surface area contributed by atoms with Gasteiger partial charge in [-0.15, -0.1) is 6.42 Å². The lowest BCUT2D eigenvalue weighted by atomic mass is 9.97. The van der Waals surface area contributed by atoms with Gasteiger partial charge in [0.25, 0.3) is 0 Å². The van der Waals surface area contributed by atoms with Crippen molar-refractivity contribution < 1.29 is 17.2 Å². The molecule has 0 atom stereocenters. The molecule has 28 heavy (non-hydrogen) atoms. The van der Waals surface area contributed by atoms with Crippen LogP contribution in [0.25, 0.3) is 16.6 Å². The number of hydrogen-bond donors (Lipinski definition) is 1. The molecule has 0 bridgehead atoms. The van der Waals surface area contributed by atoms with Crippen LogP contribution < -0.4 is 5.73 Å². The fourth-order valence-corrected chi connectivity index (χ4v) is 3.99. The van der Waals surface area contributed by atoms with Crippen molar-refractivity contribution >= 4 is 32.6 Å². The van der Waals surface area contributed by atoms with Crippen molar-refractivity contribution in [2.75, 3.05) is 5.73 Å². The fourth-order valence-electron chi connectivity index (χ4n) is 2.84. The number of aromatic nitrogens is 2. The Morgan fingerprint density at radius 1 is 1.18 bits per heavy atom. The number of rotatable bonds is 4. The zero-order valence-electron chi connectivity index (χ0n) is 15.1. The second-order valence-corrected chi connectivity index (χ2v) is 8.75. The normalized spacial score (nSPS) is 12.5. The fraction of sp³-hybridized carbons (Fsp3) is 0.150. The highest BCUT2D eigenvalue weighted by Gasteiger charge is 2.24. The summed E-state index contributed by atoms with van der Waals surface area (Å²) in [5, 5.41) is -0.728. The van der Waals surface area contributed by atoms with E-state index in [4.69, 9.17) is 12.2 Å². The van der Waals surface area contributed by atoms with E-state index in [1.165, 1.54) is 26.0 Å². The van der Waals surface area contributed by atoms with Crippen LogP contribution in [0.4, 0.5) is 14.7 Å². The molecule has 1 heterocycles. The van der Waals surface area contributed by atoms with Crippen molar-refractivity contribution in [3.05, 3.63) is 65.2 Å². The van der Waals surface area contributed by atoms with Gasteiger partial charge in [-0.05, 0) is 60.9 Å². The van der Waals surface area contributed by atoms with Crippen LogP contribution in [0.15, 0.2) is 42.5 Å². The molecule has 2 N–H and O–H groups in total. The molecular formula is C20H17F2N3O2S. The Bertz CT molecular complexity index is 1230. The Labute approximate surface area is 161 Å². The summed E-state index contributed by atoms with van der Waals surface area (Å²) in [7, 11) is -3.77. The molecule has 0 radical (unpaired) electrons. The van der Waals surface area contributed by atoms with Crippen LogP contribution in [-0.2, 0) is 10.0 Å². The minimum Gasteiger partial charge on any atom is -0.368 e. The average Bonchev–Trinajstić information content (AvgIpc) is 2.94. The summed E-state index contributed by atoms with van der Waals surface area (Å²) >= 11 is 0. The third-order valence-corrected chi connectivity index (χ3v) is 6.28. The first-order chi connectivity index (χ1) is 13.1. The Kier molecular flexibility index (Phi) is 4.96. The highest BCUT2D eigenvalue weighted by molar-refractivity contribution is 7.90. The van der Waals surface area contributed by atoms with Gasteiger partial charge in [0.05, 0.1) is 16.3 Å². The lowest BCUT2D eigenvalue weighted by molar-refractivity contribution is 0.580. The number of nitrogens with two attached hydrogens (primary N) is 1. The SMILES string of the molecule is C#C/C=C(/c1cc(F)cc(F)c1)c1ccc2nc(N)n(S(=O)(=O)C(C)C)c2c1. The quantitative estimate of drug-likeness (QED) is 0.678. The molecule has 0 aliphatic rings. The zero-order chi connectivity index (χ0) is 20.6. The summed E-state index contributed by atoms with van der Waals surface area (Å²) in [6, 6.07) is 7.79. The minimum atomic E-state index is -3.77. The van der Waals surface area contributed by atoms with E-state index in [1.54, 1.807) is 12.1 Å². The monoisotopic (exact) mass is 401 g/mol. The van der Waals surface area contributed by atoms with E-state index in [0.29, 0.717) is 16.7 Å². The molecule has 0 saturated carbocycles. The Morgan fingerprint density at radius 2 is 1.82 bits per heavy atom. The average molecular weight is 401 g/mol. The second kappa shape index (κ2) is 7.09. The molecule has 0 saturated heterocycles. The van der Waals surface area contributed by atoms with Crippen LogP contribution in [0.1, 0.15) is 25.0 Å². The summed E-state index contributed by atoms with van der Waals surface area (Å²) in [5.74, 6) is 0.673. The number of nitrogen functional groups attached to an aromatic ring is 1. The first-order valence-electron chi connectivity index (χ1n) is 8.30. The van der Waals surface area contributed by atoms with Gasteiger partial charge >= 0.3 is 0 Å². The predicted molar refractivity (Wildman–Crippen MR) is 106 cm³/mol. The highest BCUT2D eigenvalue weighted by Crippen LogP contribution is 2.30. The maximum atomic E-state index is 13.7. The van der Waals surface area contributed by atoms with Crippen LogP contribution in [0.3, 0.4) is 0 Å². The lowest BCUT2D eigenvalue weighted by Crippen LogP contribution is -2.23. The van der Waals surface area contributed by atoms with E-state index in [9.17, 15) is 17.2 Å². The van der Waals surface area contributed by atoms with Gasteiger partial charge in [-0.1, -0.05) is 12.0 Å². The predicted octanol–water partition coefficient (Wildman–Crippen LogP) is 3.55. The lowest BCUT2D eigenvalue weighted by Gasteiger charge is -2.12. The molecule has 0 spiro atoms. The number of imidazole rings is 1. The van der Waals surface area contributed by atoms with E-state index in [1.807, 2.05) is 0 Å². The summed E-state index contributed by atoms with van der Waals surface area (Å²) in [6.07, 6.45) is 6.75.